The highest BCUT2D eigenvalue weighted by atomic mass is 35.5. The molecule has 1 fully saturated rings. The van der Waals surface area contributed by atoms with E-state index in [2.05, 4.69) is 0 Å². The van der Waals surface area contributed by atoms with Gasteiger partial charge in [-0.2, -0.15) is 10.5 Å². The molecule has 0 spiro atoms. The van der Waals surface area contributed by atoms with Gasteiger partial charge in [-0.3, -0.25) is 4.79 Å². The van der Waals surface area contributed by atoms with E-state index in [1.807, 2.05) is 62.4 Å². The average Bonchev–Trinajstić information content (AvgIpc) is 3.29. The van der Waals surface area contributed by atoms with Crippen LogP contribution in [0.15, 0.2) is 59.9 Å². The predicted molar refractivity (Wildman–Crippen MR) is 122 cm³/mol. The van der Waals surface area contributed by atoms with Gasteiger partial charge in [0.2, 0.25) is 5.24 Å². The van der Waals surface area contributed by atoms with Crippen LogP contribution in [0.5, 0.6) is 0 Å². The Morgan fingerprint density at radius 1 is 0.968 bits per heavy atom. The maximum Gasteiger partial charge on any atom is 0.226 e. The van der Waals surface area contributed by atoms with Crippen molar-refractivity contribution in [3.63, 3.8) is 0 Å². The molecule has 5 nitrogen and oxygen atoms in total. The van der Waals surface area contributed by atoms with Gasteiger partial charge in [0.05, 0.1) is 0 Å². The van der Waals surface area contributed by atoms with Crippen LogP contribution in [0, 0.1) is 36.5 Å². The number of carbonyl (C=O) groups is 1. The van der Waals surface area contributed by atoms with Gasteiger partial charge < -0.3 is 9.84 Å². The molecule has 0 atom stereocenters. The Labute approximate surface area is 189 Å². The Hall–Kier alpha value is -3.12. The number of allylic oxidation sites excluding steroid dienone is 2. The number of halogens is 1. The van der Waals surface area contributed by atoms with Crippen molar-refractivity contribution in [3.05, 3.63) is 82.1 Å². The van der Waals surface area contributed by atoms with E-state index in [9.17, 15) is 9.90 Å². The smallest absolute Gasteiger partial charge is 0.226 e. The topological polar surface area (TPSA) is 94.1 Å². The van der Waals surface area contributed by atoms with E-state index in [0.29, 0.717) is 6.42 Å². The Bertz CT molecular complexity index is 944. The molecule has 31 heavy (non-hydrogen) atoms. The summed E-state index contributed by atoms with van der Waals surface area (Å²) in [5.41, 5.74) is 3.87. The molecule has 0 radical (unpaired) electrons. The molecular weight excluding hydrogens is 412 g/mol. The van der Waals surface area contributed by atoms with Crippen molar-refractivity contribution in [2.75, 3.05) is 13.2 Å². The van der Waals surface area contributed by atoms with E-state index >= 15 is 0 Å². The van der Waals surface area contributed by atoms with Crippen molar-refractivity contribution in [1.82, 2.24) is 0 Å². The standard InChI is InChI=1S/C12H10N2O.C9H9ClO.C4H8O/c1-9-3-2-4-10(5-9)6-12(15)11(7-13)8-14;1-7-3-2-4-8(5-7)6-9(10)11;1-2-4-5-3-1/h2-5,15H,6H2,1H3;2-5H,6H2,1H3;1-4H2. The molecule has 0 amide bonds. The lowest BCUT2D eigenvalue weighted by Gasteiger charge is -2.01. The number of hydrogen-bond acceptors (Lipinski definition) is 5. The Morgan fingerprint density at radius 3 is 1.81 bits per heavy atom. The first-order valence-corrected chi connectivity index (χ1v) is 10.3. The van der Waals surface area contributed by atoms with Gasteiger partial charge in [-0.05, 0) is 49.4 Å². The third-order valence-corrected chi connectivity index (χ3v) is 4.35. The molecule has 6 heteroatoms. The van der Waals surface area contributed by atoms with Crippen LogP contribution in [-0.4, -0.2) is 23.6 Å². The van der Waals surface area contributed by atoms with E-state index < -0.39 is 0 Å². The summed E-state index contributed by atoms with van der Waals surface area (Å²) in [5.74, 6) is -0.175. The summed E-state index contributed by atoms with van der Waals surface area (Å²) in [7, 11) is 0. The van der Waals surface area contributed by atoms with Crippen molar-refractivity contribution in [2.24, 2.45) is 0 Å². The molecule has 0 aliphatic carbocycles. The molecular formula is C25H27ClN2O3. The second-order valence-corrected chi connectivity index (χ2v) is 7.47. The summed E-state index contributed by atoms with van der Waals surface area (Å²) >= 11 is 5.23. The fourth-order valence-corrected chi connectivity index (χ4v) is 2.91. The van der Waals surface area contributed by atoms with Crippen LogP contribution >= 0.6 is 11.6 Å². The number of hydrogen-bond donors (Lipinski definition) is 1. The quantitative estimate of drug-likeness (QED) is 0.386. The third-order valence-electron chi connectivity index (χ3n) is 4.22. The fraction of sp³-hybridized carbons (Fsp3) is 0.320. The summed E-state index contributed by atoms with van der Waals surface area (Å²) in [6.45, 7) is 5.93. The number of carbonyl (C=O) groups excluding carboxylic acids is 1. The molecule has 2 aromatic carbocycles. The minimum Gasteiger partial charge on any atom is -0.510 e. The molecule has 1 aliphatic rings. The van der Waals surface area contributed by atoms with Crippen LogP contribution in [0.1, 0.15) is 35.1 Å². The monoisotopic (exact) mass is 438 g/mol. The van der Waals surface area contributed by atoms with Gasteiger partial charge in [-0.25, -0.2) is 0 Å². The molecule has 162 valence electrons. The molecule has 1 N–H and O–H groups in total. The molecule has 0 unspecified atom stereocenters. The molecule has 1 heterocycles. The van der Waals surface area contributed by atoms with E-state index in [-0.39, 0.29) is 23.0 Å². The van der Waals surface area contributed by atoms with Gasteiger partial charge in [0, 0.05) is 26.1 Å². The summed E-state index contributed by atoms with van der Waals surface area (Å²) in [6.07, 6.45) is 3.10. The number of ether oxygens (including phenoxy) is 1. The number of aliphatic hydroxyl groups excluding tert-OH is 1. The van der Waals surface area contributed by atoms with E-state index in [1.165, 1.54) is 12.8 Å². The number of aliphatic hydroxyl groups is 1. The number of benzene rings is 2. The second-order valence-electron chi connectivity index (χ2n) is 7.05. The molecule has 0 aromatic heterocycles. The van der Waals surface area contributed by atoms with Crippen molar-refractivity contribution in [2.45, 2.75) is 39.5 Å². The number of nitrogens with zero attached hydrogens (tertiary/aromatic N) is 2. The van der Waals surface area contributed by atoms with Gasteiger partial charge in [0.25, 0.3) is 0 Å². The van der Waals surface area contributed by atoms with E-state index in [4.69, 9.17) is 26.9 Å². The van der Waals surface area contributed by atoms with Gasteiger partial charge in [0.1, 0.15) is 17.9 Å². The highest BCUT2D eigenvalue weighted by Crippen LogP contribution is 2.11. The predicted octanol–water partition coefficient (Wildman–Crippen LogP) is 5.50. The van der Waals surface area contributed by atoms with E-state index in [0.717, 1.165) is 35.5 Å². The largest absolute Gasteiger partial charge is 0.510 e. The zero-order valence-electron chi connectivity index (χ0n) is 17.9. The Balaban J connectivity index is 0.000000260. The molecule has 0 bridgehead atoms. The highest BCUT2D eigenvalue weighted by Gasteiger charge is 2.05. The fourth-order valence-electron chi connectivity index (χ4n) is 2.75. The normalized spacial score (nSPS) is 11.5. The van der Waals surface area contributed by atoms with Gasteiger partial charge in [-0.15, -0.1) is 0 Å². The summed E-state index contributed by atoms with van der Waals surface area (Å²) < 4.78 is 4.94. The first-order chi connectivity index (χ1) is 14.8. The van der Waals surface area contributed by atoms with Crippen molar-refractivity contribution in [1.29, 1.82) is 10.5 Å². The molecule has 1 aliphatic heterocycles. The maximum absolute atomic E-state index is 10.5. The lowest BCUT2D eigenvalue weighted by Crippen LogP contribution is -1.93. The van der Waals surface area contributed by atoms with Crippen LogP contribution in [-0.2, 0) is 22.4 Å². The molecule has 3 rings (SSSR count). The number of nitriles is 2. The van der Waals surface area contributed by atoms with Crippen molar-refractivity contribution < 1.29 is 14.6 Å². The molecule has 2 aromatic rings. The zero-order chi connectivity index (χ0) is 23.1. The van der Waals surface area contributed by atoms with E-state index in [1.54, 1.807) is 12.1 Å². The zero-order valence-corrected chi connectivity index (χ0v) is 18.7. The lowest BCUT2D eigenvalue weighted by atomic mass is 10.1. The number of rotatable bonds is 4. The first kappa shape index (κ1) is 25.9. The summed E-state index contributed by atoms with van der Waals surface area (Å²) in [5, 5.41) is 26.3. The minimum absolute atomic E-state index is 0.175. The van der Waals surface area contributed by atoms with Crippen LogP contribution < -0.4 is 0 Å². The van der Waals surface area contributed by atoms with Crippen LogP contribution in [0.3, 0.4) is 0 Å². The van der Waals surface area contributed by atoms with Crippen molar-refractivity contribution >= 4 is 16.8 Å². The SMILES string of the molecule is C1CCOC1.Cc1cccc(CC(=O)Cl)c1.Cc1cccc(CC(O)=C(C#N)C#N)c1. The van der Waals surface area contributed by atoms with Crippen molar-refractivity contribution in [3.8, 4) is 12.1 Å². The summed E-state index contributed by atoms with van der Waals surface area (Å²) in [6, 6.07) is 18.6. The highest BCUT2D eigenvalue weighted by molar-refractivity contribution is 6.63. The van der Waals surface area contributed by atoms with Crippen LogP contribution in [0.2, 0.25) is 0 Å². The van der Waals surface area contributed by atoms with Crippen LogP contribution in [0.4, 0.5) is 0 Å². The molecule has 1 saturated heterocycles. The minimum atomic E-state index is -0.310. The first-order valence-electron chi connectivity index (χ1n) is 9.95. The van der Waals surface area contributed by atoms with Gasteiger partial charge in [0.15, 0.2) is 5.57 Å². The van der Waals surface area contributed by atoms with Gasteiger partial charge >= 0.3 is 0 Å². The van der Waals surface area contributed by atoms with Gasteiger partial charge in [-0.1, -0.05) is 59.7 Å². The van der Waals surface area contributed by atoms with Crippen LogP contribution in [0.25, 0.3) is 0 Å². The Kier molecular flexibility index (Phi) is 12.4. The average molecular weight is 439 g/mol. The molecule has 0 saturated carbocycles. The number of aryl methyl sites for hydroxylation is 2. The third kappa shape index (κ3) is 11.6. The Morgan fingerprint density at radius 2 is 1.45 bits per heavy atom. The maximum atomic E-state index is 10.5. The summed E-state index contributed by atoms with van der Waals surface area (Å²) in [4.78, 5) is 10.5. The second kappa shape index (κ2) is 14.8. The lowest BCUT2D eigenvalue weighted by molar-refractivity contribution is -0.111.